The first-order chi connectivity index (χ1) is 11.5. The number of sulfonamides is 1. The summed E-state index contributed by atoms with van der Waals surface area (Å²) in [6.45, 7) is 2.05. The minimum Gasteiger partial charge on any atom is -0.497 e. The van der Waals surface area contributed by atoms with Crippen LogP contribution in [0.25, 0.3) is 0 Å². The lowest BCUT2D eigenvalue weighted by Gasteiger charge is -2.17. The monoisotopic (exact) mass is 351 g/mol. The minimum atomic E-state index is -3.84. The Morgan fingerprint density at radius 3 is 2.62 bits per heavy atom. The number of hydrogen-bond donors (Lipinski definition) is 1. The van der Waals surface area contributed by atoms with Crippen molar-refractivity contribution >= 4 is 15.8 Å². The van der Waals surface area contributed by atoms with E-state index in [1.54, 1.807) is 29.1 Å². The van der Waals surface area contributed by atoms with Gasteiger partial charge in [0.2, 0.25) is 0 Å². The van der Waals surface area contributed by atoms with Crippen LogP contribution in [0.15, 0.2) is 35.4 Å². The zero-order chi connectivity index (χ0) is 17.3. The number of nitrogens with zero attached hydrogens (tertiary/aromatic N) is 2. The number of nitrogens with one attached hydrogen (secondary N) is 1. The van der Waals surface area contributed by atoms with Gasteiger partial charge in [-0.1, -0.05) is 0 Å². The summed E-state index contributed by atoms with van der Waals surface area (Å²) in [4.78, 5) is 0.0242. The van der Waals surface area contributed by atoms with Crippen LogP contribution >= 0.6 is 0 Å². The fourth-order valence-corrected chi connectivity index (χ4v) is 3.92. The summed E-state index contributed by atoms with van der Waals surface area (Å²) in [5.74, 6) is 1.69. The molecule has 0 amide bonds. The standard InChI is InChI=1S/C16H21N3O4S/c1-11(12-4-5-12)19-16(8-9-17-19)18-24(20,21)15-10-13(22-2)6-7-14(15)23-3/h6-12,18H,4-5H2,1-3H3/t11-/m0/s1. The van der Waals surface area contributed by atoms with Crippen molar-refractivity contribution in [2.75, 3.05) is 18.9 Å². The molecule has 0 aliphatic heterocycles. The van der Waals surface area contributed by atoms with E-state index in [0.29, 0.717) is 17.5 Å². The molecule has 2 aromatic rings. The average molecular weight is 351 g/mol. The third-order valence-electron chi connectivity index (χ3n) is 4.26. The highest BCUT2D eigenvalue weighted by Gasteiger charge is 2.31. The van der Waals surface area contributed by atoms with Crippen molar-refractivity contribution in [3.05, 3.63) is 30.5 Å². The number of methoxy groups -OCH3 is 2. The Labute approximate surface area is 141 Å². The molecule has 1 N–H and O–H groups in total. The molecule has 0 saturated heterocycles. The van der Waals surface area contributed by atoms with E-state index in [1.165, 1.54) is 20.3 Å². The van der Waals surface area contributed by atoms with E-state index < -0.39 is 10.0 Å². The summed E-state index contributed by atoms with van der Waals surface area (Å²) in [7, 11) is -0.921. The highest BCUT2D eigenvalue weighted by atomic mass is 32.2. The summed E-state index contributed by atoms with van der Waals surface area (Å²) in [6.07, 6.45) is 3.90. The van der Waals surface area contributed by atoms with Gasteiger partial charge in [0.1, 0.15) is 22.2 Å². The molecular weight excluding hydrogens is 330 g/mol. The molecule has 0 spiro atoms. The van der Waals surface area contributed by atoms with E-state index in [0.717, 1.165) is 12.8 Å². The van der Waals surface area contributed by atoms with Gasteiger partial charge in [-0.05, 0) is 37.8 Å². The fourth-order valence-electron chi connectivity index (χ4n) is 2.68. The van der Waals surface area contributed by atoms with Crippen LogP contribution in [0.3, 0.4) is 0 Å². The maximum atomic E-state index is 12.8. The van der Waals surface area contributed by atoms with Crippen LogP contribution in [0.4, 0.5) is 5.82 Å². The van der Waals surface area contributed by atoms with Crippen LogP contribution < -0.4 is 14.2 Å². The molecule has 1 aliphatic rings. The first-order valence-electron chi connectivity index (χ1n) is 7.74. The summed E-state index contributed by atoms with van der Waals surface area (Å²) < 4.78 is 40.3. The molecular formula is C16H21N3O4S. The lowest BCUT2D eigenvalue weighted by molar-refractivity contribution is 0.392. The molecule has 3 rings (SSSR count). The Morgan fingerprint density at radius 2 is 2.00 bits per heavy atom. The first kappa shape index (κ1) is 16.6. The van der Waals surface area contributed by atoms with Crippen LogP contribution in [0.1, 0.15) is 25.8 Å². The average Bonchev–Trinajstić information content (AvgIpc) is 3.33. The molecule has 1 heterocycles. The highest BCUT2D eigenvalue weighted by Crippen LogP contribution is 2.40. The van der Waals surface area contributed by atoms with Crippen LogP contribution in [0, 0.1) is 5.92 Å². The molecule has 0 unspecified atom stereocenters. The van der Waals surface area contributed by atoms with Crippen LogP contribution in [-0.2, 0) is 10.0 Å². The number of ether oxygens (including phenoxy) is 2. The number of hydrogen-bond acceptors (Lipinski definition) is 5. The first-order valence-corrected chi connectivity index (χ1v) is 9.23. The molecule has 1 atom stereocenters. The maximum Gasteiger partial charge on any atom is 0.266 e. The van der Waals surface area contributed by atoms with Gasteiger partial charge in [0.05, 0.1) is 26.5 Å². The molecule has 1 aromatic heterocycles. The Balaban J connectivity index is 1.94. The van der Waals surface area contributed by atoms with Gasteiger partial charge in [0.25, 0.3) is 10.0 Å². The summed E-state index contributed by atoms with van der Waals surface area (Å²) >= 11 is 0. The molecule has 24 heavy (non-hydrogen) atoms. The summed E-state index contributed by atoms with van der Waals surface area (Å²) in [5, 5.41) is 4.27. The van der Waals surface area contributed by atoms with E-state index >= 15 is 0 Å². The predicted octanol–water partition coefficient (Wildman–Crippen LogP) is 2.67. The number of aromatic nitrogens is 2. The summed E-state index contributed by atoms with van der Waals surface area (Å²) in [5.41, 5.74) is 0. The van der Waals surface area contributed by atoms with Gasteiger partial charge in [-0.3, -0.25) is 4.72 Å². The quantitative estimate of drug-likeness (QED) is 0.829. The van der Waals surface area contributed by atoms with Crippen molar-refractivity contribution in [2.24, 2.45) is 5.92 Å². The smallest absolute Gasteiger partial charge is 0.266 e. The van der Waals surface area contributed by atoms with Crippen molar-refractivity contribution < 1.29 is 17.9 Å². The van der Waals surface area contributed by atoms with Crippen molar-refractivity contribution in [1.82, 2.24) is 9.78 Å². The van der Waals surface area contributed by atoms with Crippen molar-refractivity contribution in [2.45, 2.75) is 30.7 Å². The fraction of sp³-hybridized carbons (Fsp3) is 0.438. The van der Waals surface area contributed by atoms with Gasteiger partial charge < -0.3 is 9.47 Å². The number of benzene rings is 1. The van der Waals surface area contributed by atoms with E-state index in [4.69, 9.17) is 9.47 Å². The Hall–Kier alpha value is -2.22. The van der Waals surface area contributed by atoms with Crippen LogP contribution in [0.2, 0.25) is 0 Å². The lowest BCUT2D eigenvalue weighted by Crippen LogP contribution is -2.19. The lowest BCUT2D eigenvalue weighted by atomic mass is 10.2. The van der Waals surface area contributed by atoms with Gasteiger partial charge in [-0.2, -0.15) is 5.10 Å². The Bertz CT molecular complexity index is 828. The highest BCUT2D eigenvalue weighted by molar-refractivity contribution is 7.92. The van der Waals surface area contributed by atoms with Gasteiger partial charge in [0, 0.05) is 12.1 Å². The molecule has 1 fully saturated rings. The van der Waals surface area contributed by atoms with Gasteiger partial charge in [-0.25, -0.2) is 13.1 Å². The van der Waals surface area contributed by atoms with Crippen molar-refractivity contribution in [3.63, 3.8) is 0 Å². The largest absolute Gasteiger partial charge is 0.497 e. The number of anilines is 1. The van der Waals surface area contributed by atoms with E-state index in [2.05, 4.69) is 16.7 Å². The van der Waals surface area contributed by atoms with Gasteiger partial charge in [-0.15, -0.1) is 0 Å². The molecule has 1 aliphatic carbocycles. The van der Waals surface area contributed by atoms with Crippen LogP contribution in [-0.4, -0.2) is 32.4 Å². The van der Waals surface area contributed by atoms with E-state index in [-0.39, 0.29) is 16.7 Å². The molecule has 130 valence electrons. The molecule has 1 saturated carbocycles. The molecule has 0 bridgehead atoms. The second-order valence-corrected chi connectivity index (χ2v) is 7.51. The van der Waals surface area contributed by atoms with Crippen molar-refractivity contribution in [1.29, 1.82) is 0 Å². The van der Waals surface area contributed by atoms with Crippen molar-refractivity contribution in [3.8, 4) is 11.5 Å². The Morgan fingerprint density at radius 1 is 1.25 bits per heavy atom. The van der Waals surface area contributed by atoms with E-state index in [1.807, 2.05) is 0 Å². The minimum absolute atomic E-state index is 0.0242. The maximum absolute atomic E-state index is 12.8. The molecule has 1 aromatic carbocycles. The summed E-state index contributed by atoms with van der Waals surface area (Å²) in [6, 6.07) is 6.47. The molecule has 7 nitrogen and oxygen atoms in total. The zero-order valence-electron chi connectivity index (χ0n) is 13.9. The normalized spacial score (nSPS) is 15.8. The third-order valence-corrected chi connectivity index (χ3v) is 5.64. The Kier molecular flexibility index (Phi) is 4.40. The zero-order valence-corrected chi connectivity index (χ0v) is 14.7. The van der Waals surface area contributed by atoms with Gasteiger partial charge in [0.15, 0.2) is 0 Å². The van der Waals surface area contributed by atoms with Gasteiger partial charge >= 0.3 is 0 Å². The molecule has 0 radical (unpaired) electrons. The second kappa shape index (κ2) is 6.35. The molecule has 8 heteroatoms. The SMILES string of the molecule is COc1ccc(OC)c(S(=O)(=O)Nc2ccnn2[C@@H](C)C2CC2)c1. The second-order valence-electron chi connectivity index (χ2n) is 5.86. The number of rotatable bonds is 7. The van der Waals surface area contributed by atoms with Crippen LogP contribution in [0.5, 0.6) is 11.5 Å². The topological polar surface area (TPSA) is 82.4 Å². The van der Waals surface area contributed by atoms with E-state index in [9.17, 15) is 8.42 Å². The predicted molar refractivity (Wildman–Crippen MR) is 90.0 cm³/mol. The third kappa shape index (κ3) is 3.19.